The van der Waals surface area contributed by atoms with E-state index < -0.39 is 19.5 Å². The zero-order valence-electron chi connectivity index (χ0n) is 18.9. The number of amides is 1. The topological polar surface area (TPSA) is 74.3 Å². The first-order valence-electron chi connectivity index (χ1n) is 10.9. The largest absolute Gasteiger partial charge is 0.475 e. The first-order valence-corrected chi connectivity index (χ1v) is 12.3. The van der Waals surface area contributed by atoms with Crippen LogP contribution in [0.1, 0.15) is 44.7 Å². The molecule has 1 aliphatic rings. The molecule has 1 heterocycles. The summed E-state index contributed by atoms with van der Waals surface area (Å²) in [6.07, 6.45) is 1.16. The van der Waals surface area contributed by atoms with Gasteiger partial charge in [-0.3, -0.25) is 13.6 Å². The first kappa shape index (κ1) is 24.5. The second-order valence-electron chi connectivity index (χ2n) is 8.73. The van der Waals surface area contributed by atoms with Gasteiger partial charge in [0.2, 0.25) is 0 Å². The molecule has 174 valence electrons. The average molecular weight is 461 g/mol. The van der Waals surface area contributed by atoms with Gasteiger partial charge >= 0.3 is 13.9 Å². The van der Waals surface area contributed by atoms with Crippen molar-refractivity contribution in [1.82, 2.24) is 4.90 Å². The standard InChI is InChI=1S/C24H32NO6P/c1-24(2,3)31-23(26)25-16-10-15-22(25)19-30-32(27,28-17-20-11-6-4-7-12-20)29-18-21-13-8-5-9-14-21/h4-9,11-14,22H,10,15-19H2,1-3H3/t22-/m0/s1. The van der Waals surface area contributed by atoms with Crippen LogP contribution in [0.3, 0.4) is 0 Å². The molecule has 0 radical (unpaired) electrons. The minimum absolute atomic E-state index is 0.0418. The maximum absolute atomic E-state index is 13.4. The fourth-order valence-electron chi connectivity index (χ4n) is 3.31. The number of hydrogen-bond acceptors (Lipinski definition) is 6. The second kappa shape index (κ2) is 11.1. The van der Waals surface area contributed by atoms with E-state index in [2.05, 4.69) is 0 Å². The van der Waals surface area contributed by atoms with E-state index >= 15 is 0 Å². The highest BCUT2D eigenvalue weighted by Crippen LogP contribution is 2.51. The number of rotatable bonds is 9. The second-order valence-corrected chi connectivity index (χ2v) is 10.4. The van der Waals surface area contributed by atoms with E-state index in [4.69, 9.17) is 18.3 Å². The predicted molar refractivity (Wildman–Crippen MR) is 122 cm³/mol. The minimum Gasteiger partial charge on any atom is -0.444 e. The third kappa shape index (κ3) is 7.75. The highest BCUT2D eigenvalue weighted by Gasteiger charge is 2.35. The zero-order valence-corrected chi connectivity index (χ0v) is 19.8. The van der Waals surface area contributed by atoms with Crippen molar-refractivity contribution < 1.29 is 27.7 Å². The number of likely N-dealkylation sites (tertiary alicyclic amines) is 1. The van der Waals surface area contributed by atoms with Gasteiger partial charge in [0.05, 0.1) is 25.9 Å². The van der Waals surface area contributed by atoms with Crippen LogP contribution >= 0.6 is 7.82 Å². The minimum atomic E-state index is -3.88. The highest BCUT2D eigenvalue weighted by molar-refractivity contribution is 7.48. The number of carbonyl (C=O) groups excluding carboxylic acids is 1. The predicted octanol–water partition coefficient (Wildman–Crippen LogP) is 5.94. The van der Waals surface area contributed by atoms with E-state index in [0.29, 0.717) is 6.54 Å². The molecule has 0 bridgehead atoms. The number of phosphoric ester groups is 1. The number of ether oxygens (including phenoxy) is 1. The number of nitrogens with zero attached hydrogens (tertiary/aromatic N) is 1. The fraction of sp³-hybridized carbons (Fsp3) is 0.458. The molecule has 0 spiro atoms. The lowest BCUT2D eigenvalue weighted by molar-refractivity contribution is 0.0150. The van der Waals surface area contributed by atoms with Crippen LogP contribution in [-0.2, 0) is 36.1 Å². The van der Waals surface area contributed by atoms with Crippen LogP contribution in [0, 0.1) is 0 Å². The summed E-state index contributed by atoms with van der Waals surface area (Å²) in [4.78, 5) is 14.2. The molecule has 1 saturated heterocycles. The summed E-state index contributed by atoms with van der Waals surface area (Å²) in [7, 11) is -3.88. The van der Waals surface area contributed by atoms with Gasteiger partial charge < -0.3 is 9.64 Å². The van der Waals surface area contributed by atoms with Crippen molar-refractivity contribution in [2.24, 2.45) is 0 Å². The van der Waals surface area contributed by atoms with Gasteiger partial charge in [-0.05, 0) is 44.7 Å². The molecule has 1 atom stereocenters. The first-order chi connectivity index (χ1) is 15.2. The maximum Gasteiger partial charge on any atom is 0.475 e. The molecule has 1 amide bonds. The van der Waals surface area contributed by atoms with Crippen LogP contribution in [0.4, 0.5) is 4.79 Å². The lowest BCUT2D eigenvalue weighted by Gasteiger charge is -2.29. The lowest BCUT2D eigenvalue weighted by atomic mass is 10.2. The maximum atomic E-state index is 13.4. The van der Waals surface area contributed by atoms with Gasteiger partial charge in [-0.25, -0.2) is 9.36 Å². The van der Waals surface area contributed by atoms with Crippen LogP contribution in [0.25, 0.3) is 0 Å². The van der Waals surface area contributed by atoms with E-state index in [1.807, 2.05) is 81.4 Å². The Hall–Kier alpha value is -2.18. The number of hydrogen-bond donors (Lipinski definition) is 0. The van der Waals surface area contributed by atoms with E-state index in [-0.39, 0.29) is 25.9 Å². The van der Waals surface area contributed by atoms with Crippen LogP contribution < -0.4 is 0 Å². The van der Waals surface area contributed by atoms with Crippen molar-refractivity contribution in [3.05, 3.63) is 71.8 Å². The normalized spacial score (nSPS) is 16.8. The summed E-state index contributed by atoms with van der Waals surface area (Å²) in [5, 5.41) is 0. The zero-order chi connectivity index (χ0) is 23.0. The molecule has 1 aliphatic heterocycles. The Morgan fingerprint density at radius 2 is 1.47 bits per heavy atom. The molecular formula is C24H32NO6P. The van der Waals surface area contributed by atoms with Crippen LogP contribution in [0.15, 0.2) is 60.7 Å². The Kier molecular flexibility index (Phi) is 8.49. The summed E-state index contributed by atoms with van der Waals surface area (Å²) in [6, 6.07) is 18.6. The molecule has 32 heavy (non-hydrogen) atoms. The van der Waals surface area contributed by atoms with Crippen molar-refractivity contribution in [1.29, 1.82) is 0 Å². The summed E-state index contributed by atoms with van der Waals surface area (Å²) in [5.41, 5.74) is 1.13. The Morgan fingerprint density at radius 3 is 1.97 bits per heavy atom. The van der Waals surface area contributed by atoms with Gasteiger partial charge in [-0.2, -0.15) is 0 Å². The third-order valence-electron chi connectivity index (χ3n) is 4.89. The average Bonchev–Trinajstić information content (AvgIpc) is 3.25. The molecule has 0 aliphatic carbocycles. The van der Waals surface area contributed by atoms with Crippen molar-refractivity contribution in [2.45, 2.75) is 58.5 Å². The molecule has 7 nitrogen and oxygen atoms in total. The van der Waals surface area contributed by atoms with Gasteiger partial charge in [-0.1, -0.05) is 60.7 Å². The van der Waals surface area contributed by atoms with E-state index in [1.54, 1.807) is 4.90 Å². The number of phosphoric acid groups is 1. The molecule has 0 N–H and O–H groups in total. The van der Waals surface area contributed by atoms with E-state index in [1.165, 1.54) is 0 Å². The molecule has 0 aromatic heterocycles. The van der Waals surface area contributed by atoms with Gasteiger partial charge in [-0.15, -0.1) is 0 Å². The molecule has 8 heteroatoms. The summed E-state index contributed by atoms with van der Waals surface area (Å²) < 4.78 is 35.9. The molecule has 3 rings (SSSR count). The van der Waals surface area contributed by atoms with E-state index in [9.17, 15) is 9.36 Å². The SMILES string of the molecule is CC(C)(C)OC(=O)N1CCC[C@H]1COP(=O)(OCc1ccccc1)OCc1ccccc1. The summed E-state index contributed by atoms with van der Waals surface area (Å²) in [5.74, 6) is 0. The molecule has 1 fully saturated rings. The quantitative estimate of drug-likeness (QED) is 0.430. The lowest BCUT2D eigenvalue weighted by Crippen LogP contribution is -2.41. The van der Waals surface area contributed by atoms with Gasteiger partial charge in [0.1, 0.15) is 5.60 Å². The van der Waals surface area contributed by atoms with Crippen molar-refractivity contribution >= 4 is 13.9 Å². The Balaban J connectivity index is 1.64. The van der Waals surface area contributed by atoms with Gasteiger partial charge in [0.25, 0.3) is 0 Å². The Morgan fingerprint density at radius 1 is 0.938 bits per heavy atom. The summed E-state index contributed by atoms with van der Waals surface area (Å²) >= 11 is 0. The molecular weight excluding hydrogens is 429 g/mol. The van der Waals surface area contributed by atoms with Crippen molar-refractivity contribution in [3.8, 4) is 0 Å². The van der Waals surface area contributed by atoms with Crippen LogP contribution in [0.5, 0.6) is 0 Å². The highest BCUT2D eigenvalue weighted by atomic mass is 31.2. The van der Waals surface area contributed by atoms with Crippen LogP contribution in [-0.4, -0.2) is 35.8 Å². The smallest absolute Gasteiger partial charge is 0.444 e. The molecule has 0 unspecified atom stereocenters. The van der Waals surface area contributed by atoms with E-state index in [0.717, 1.165) is 24.0 Å². The molecule has 2 aromatic carbocycles. The molecule has 0 saturated carbocycles. The fourth-order valence-corrected chi connectivity index (χ4v) is 4.51. The van der Waals surface area contributed by atoms with Gasteiger partial charge in [0, 0.05) is 6.54 Å². The van der Waals surface area contributed by atoms with Crippen molar-refractivity contribution in [2.75, 3.05) is 13.2 Å². The molecule has 2 aromatic rings. The van der Waals surface area contributed by atoms with Crippen LogP contribution in [0.2, 0.25) is 0 Å². The number of benzene rings is 2. The van der Waals surface area contributed by atoms with Gasteiger partial charge in [0.15, 0.2) is 0 Å². The number of carbonyl (C=O) groups is 1. The summed E-state index contributed by atoms with van der Waals surface area (Å²) in [6.45, 7) is 6.28. The Labute approximate surface area is 190 Å². The monoisotopic (exact) mass is 461 g/mol. The third-order valence-corrected chi connectivity index (χ3v) is 6.25. The van der Waals surface area contributed by atoms with Crippen molar-refractivity contribution in [3.63, 3.8) is 0 Å². The Bertz CT molecular complexity index is 852.